The molecule has 1 aliphatic heterocycles. The van der Waals surface area contributed by atoms with Crippen LogP contribution in [0.15, 0.2) is 76.4 Å². The van der Waals surface area contributed by atoms with Gasteiger partial charge in [-0.15, -0.1) is 0 Å². The molecule has 2 N–H and O–H groups in total. The predicted octanol–water partition coefficient (Wildman–Crippen LogP) is 5.02. The van der Waals surface area contributed by atoms with Crippen LogP contribution in [0.4, 0.5) is 0 Å². The summed E-state index contributed by atoms with van der Waals surface area (Å²) >= 11 is 0. The highest BCUT2D eigenvalue weighted by Crippen LogP contribution is 2.39. The number of carbonyl (C=O) groups is 1. The molecule has 1 fully saturated rings. The van der Waals surface area contributed by atoms with Crippen molar-refractivity contribution in [2.75, 3.05) is 13.2 Å². The molecule has 4 unspecified atom stereocenters. The van der Waals surface area contributed by atoms with E-state index >= 15 is 0 Å². The number of nitrogens with one attached hydrogen (secondary N) is 2. The molecule has 216 valence electrons. The quantitative estimate of drug-likeness (QED) is 0.243. The molecule has 0 saturated carbocycles. The number of rotatable bonds is 11. The number of ether oxygens (including phenoxy) is 2. The van der Waals surface area contributed by atoms with Crippen molar-refractivity contribution in [3.8, 4) is 16.9 Å². The molecule has 0 bridgehead atoms. The van der Waals surface area contributed by atoms with Gasteiger partial charge in [0.1, 0.15) is 18.5 Å². The molecule has 2 heterocycles. The fourth-order valence-corrected chi connectivity index (χ4v) is 5.21. The lowest BCUT2D eigenvalue weighted by molar-refractivity contribution is -0.145. The number of carbonyl (C=O) groups excluding carboxylic acids is 1. The monoisotopic (exact) mass is 571 g/mol. The molecule has 3 aromatic rings. The molecule has 0 spiro atoms. The Morgan fingerprint density at radius 1 is 1.10 bits per heavy atom. The molecule has 4 rings (SSSR count). The van der Waals surface area contributed by atoms with Crippen LogP contribution in [0.25, 0.3) is 11.1 Å². The number of aromatic amines is 1. The van der Waals surface area contributed by atoms with Crippen molar-refractivity contribution in [1.82, 2.24) is 14.6 Å². The second kappa shape index (κ2) is 15.5. The van der Waals surface area contributed by atoms with E-state index in [4.69, 9.17) is 18.5 Å². The number of hydrogen-bond acceptors (Lipinski definition) is 8. The average Bonchev–Trinajstić information content (AvgIpc) is 3.31. The van der Waals surface area contributed by atoms with Gasteiger partial charge in [0, 0.05) is 18.2 Å². The number of nitrogens with zero attached hydrogens (tertiary/aromatic N) is 1. The number of aromatic nitrogens is 2. The lowest BCUT2D eigenvalue weighted by Gasteiger charge is -2.21. The van der Waals surface area contributed by atoms with Crippen LogP contribution in [-0.2, 0) is 18.8 Å². The van der Waals surface area contributed by atoms with Crippen LogP contribution in [0.5, 0.6) is 5.75 Å². The topological polar surface area (TPSA) is 121 Å². The first kappa shape index (κ1) is 31.2. The summed E-state index contributed by atoms with van der Waals surface area (Å²) in [6, 6.07) is 18.8. The average molecular weight is 572 g/mol. The first-order valence-corrected chi connectivity index (χ1v) is 14.6. The number of esters is 1. The fraction of sp³-hybridized carbons (Fsp3) is 0.414. The lowest BCUT2D eigenvalue weighted by Crippen LogP contribution is -2.33. The van der Waals surface area contributed by atoms with Gasteiger partial charge in [-0.2, -0.15) is 0 Å². The molecular formula is C29H38N3O7P. The zero-order chi connectivity index (χ0) is 29.1. The Labute approximate surface area is 235 Å². The summed E-state index contributed by atoms with van der Waals surface area (Å²) in [7, 11) is -1.73. The molecule has 2 aromatic carbocycles. The summed E-state index contributed by atoms with van der Waals surface area (Å²) < 4.78 is 24.9. The molecule has 4 atom stereocenters. The Morgan fingerprint density at radius 3 is 2.52 bits per heavy atom. The van der Waals surface area contributed by atoms with Gasteiger partial charge in [-0.25, -0.2) is 9.88 Å². The maximum absolute atomic E-state index is 12.2. The van der Waals surface area contributed by atoms with Crippen LogP contribution in [0.1, 0.15) is 47.3 Å². The van der Waals surface area contributed by atoms with Gasteiger partial charge in [0.15, 0.2) is 0 Å². The molecule has 0 amide bonds. The minimum absolute atomic E-state index is 0.0101. The Bertz CT molecular complexity index is 1330. The normalized spacial score (nSPS) is 19.0. The third kappa shape index (κ3) is 9.13. The molecule has 10 nitrogen and oxygen atoms in total. The van der Waals surface area contributed by atoms with Gasteiger partial charge in [-0.1, -0.05) is 63.2 Å². The first-order valence-electron chi connectivity index (χ1n) is 13.4. The van der Waals surface area contributed by atoms with E-state index in [0.717, 1.165) is 11.1 Å². The maximum Gasteiger partial charge on any atom is 0.330 e. The van der Waals surface area contributed by atoms with E-state index < -0.39 is 32.0 Å². The second-order valence-electron chi connectivity index (χ2n) is 9.29. The second-order valence-corrected chi connectivity index (χ2v) is 10.6. The van der Waals surface area contributed by atoms with Gasteiger partial charge in [0.05, 0.1) is 18.8 Å². The van der Waals surface area contributed by atoms with Crippen LogP contribution < -0.4 is 20.9 Å². The molecule has 11 heteroatoms. The van der Waals surface area contributed by atoms with E-state index in [9.17, 15) is 14.4 Å². The Morgan fingerprint density at radius 2 is 1.82 bits per heavy atom. The van der Waals surface area contributed by atoms with Crippen LogP contribution in [0.3, 0.4) is 0 Å². The number of benzene rings is 2. The van der Waals surface area contributed by atoms with Gasteiger partial charge >= 0.3 is 20.2 Å². The molecule has 40 heavy (non-hydrogen) atoms. The lowest BCUT2D eigenvalue weighted by atomic mass is 10.1. The van der Waals surface area contributed by atoms with E-state index in [1.807, 2.05) is 75.4 Å². The van der Waals surface area contributed by atoms with Gasteiger partial charge in [0.2, 0.25) is 0 Å². The van der Waals surface area contributed by atoms with Crippen molar-refractivity contribution >= 4 is 14.5 Å². The minimum Gasteiger partial charge on any atom is -0.462 e. The van der Waals surface area contributed by atoms with Crippen molar-refractivity contribution in [2.24, 2.45) is 5.92 Å². The summed E-state index contributed by atoms with van der Waals surface area (Å²) in [5, 5.41) is 3.02. The molecule has 1 saturated heterocycles. The Balaban J connectivity index is 0.00000216. The van der Waals surface area contributed by atoms with Crippen molar-refractivity contribution < 1.29 is 23.3 Å². The highest BCUT2D eigenvalue weighted by atomic mass is 31.2. The van der Waals surface area contributed by atoms with E-state index in [0.29, 0.717) is 12.2 Å². The van der Waals surface area contributed by atoms with Gasteiger partial charge in [0.25, 0.3) is 5.56 Å². The predicted molar refractivity (Wildman–Crippen MR) is 155 cm³/mol. The highest BCUT2D eigenvalue weighted by Gasteiger charge is 2.35. The smallest absolute Gasteiger partial charge is 0.330 e. The van der Waals surface area contributed by atoms with E-state index in [1.165, 1.54) is 16.8 Å². The van der Waals surface area contributed by atoms with Crippen LogP contribution in [-0.4, -0.2) is 40.9 Å². The van der Waals surface area contributed by atoms with Crippen molar-refractivity contribution in [1.29, 1.82) is 0 Å². The summed E-state index contributed by atoms with van der Waals surface area (Å²) in [5.41, 5.74) is 1.05. The van der Waals surface area contributed by atoms with E-state index in [-0.39, 0.29) is 31.3 Å². The zero-order valence-electron chi connectivity index (χ0n) is 23.5. The Kier molecular flexibility index (Phi) is 12.1. The molecule has 0 radical (unpaired) electrons. The van der Waals surface area contributed by atoms with Crippen molar-refractivity contribution in [2.45, 2.75) is 59.5 Å². The maximum atomic E-state index is 12.2. The highest BCUT2D eigenvalue weighted by molar-refractivity contribution is 7.45. The summed E-state index contributed by atoms with van der Waals surface area (Å²) in [5.74, 6) is 0.178. The largest absolute Gasteiger partial charge is 0.462 e. The number of hydrogen-bond donors (Lipinski definition) is 2. The third-order valence-electron chi connectivity index (χ3n) is 5.81. The molecular weight excluding hydrogens is 533 g/mol. The van der Waals surface area contributed by atoms with Crippen LogP contribution >= 0.6 is 8.53 Å². The Hall–Kier alpha value is -3.30. The first-order chi connectivity index (χ1) is 19.3. The molecule has 1 aliphatic rings. The van der Waals surface area contributed by atoms with Gasteiger partial charge in [-0.3, -0.25) is 19.1 Å². The SMILES string of the molecule is CC.CC(C)OC(=O)CNP(OCC1CC(C)C(n2ccc(=O)[nH]c2=O)O1)Oc1cccc(-c2ccccc2)c1. The summed E-state index contributed by atoms with van der Waals surface area (Å²) in [6.07, 6.45) is 0.988. The van der Waals surface area contributed by atoms with E-state index in [1.54, 1.807) is 13.8 Å². The standard InChI is InChI=1S/C27H32N3O7P.C2H6/c1-18(2)35-25(32)16-28-38(37-22-11-7-10-21(15-22)20-8-5-4-6-9-20)34-17-23-14-19(3)26(36-23)30-13-12-24(31)29-27(30)33;1-2/h4-13,15,18-19,23,26,28H,14,16-17H2,1-3H3,(H,29,31,33);1-2H3. The number of H-pyrrole nitrogens is 1. The van der Waals surface area contributed by atoms with Crippen LogP contribution in [0.2, 0.25) is 0 Å². The van der Waals surface area contributed by atoms with Gasteiger partial charge in [-0.05, 0) is 43.5 Å². The van der Waals surface area contributed by atoms with Crippen molar-refractivity contribution in [3.63, 3.8) is 0 Å². The molecule has 0 aliphatic carbocycles. The third-order valence-corrected chi connectivity index (χ3v) is 6.98. The van der Waals surface area contributed by atoms with Gasteiger partial charge < -0.3 is 18.5 Å². The zero-order valence-corrected chi connectivity index (χ0v) is 24.4. The van der Waals surface area contributed by atoms with E-state index in [2.05, 4.69) is 10.1 Å². The van der Waals surface area contributed by atoms with Crippen molar-refractivity contribution in [3.05, 3.63) is 87.7 Å². The summed E-state index contributed by atoms with van der Waals surface area (Å²) in [4.78, 5) is 38.0. The molecule has 1 aromatic heterocycles. The van der Waals surface area contributed by atoms with Crippen LogP contribution in [0, 0.1) is 5.92 Å². The summed E-state index contributed by atoms with van der Waals surface area (Å²) in [6.45, 7) is 9.63. The minimum atomic E-state index is -1.73. The fourth-order valence-electron chi connectivity index (χ4n) is 4.14.